The molecule has 14 heteroatoms. The molecule has 10 nitrogen and oxygen atoms in total. The Kier molecular flexibility index (Phi) is 59.7. The van der Waals surface area contributed by atoms with Gasteiger partial charge in [-0.25, -0.2) is 0 Å². The highest BCUT2D eigenvalue weighted by Crippen LogP contribution is 2.03. The summed E-state index contributed by atoms with van der Waals surface area (Å²) in [7, 11) is 6.67. The Labute approximate surface area is 189 Å². The van der Waals surface area contributed by atoms with Crippen LogP contribution in [0.5, 0.6) is 0 Å². The van der Waals surface area contributed by atoms with Gasteiger partial charge in [-0.1, -0.05) is 0 Å². The zero-order valence-electron chi connectivity index (χ0n) is 16.3. The highest BCUT2D eigenvalue weighted by molar-refractivity contribution is 7.40. The van der Waals surface area contributed by atoms with Crippen molar-refractivity contribution in [1.29, 1.82) is 0 Å². The summed E-state index contributed by atoms with van der Waals surface area (Å²) in [6.07, 6.45) is 0. The van der Waals surface area contributed by atoms with Gasteiger partial charge in [0.1, 0.15) is 19.6 Å². The van der Waals surface area contributed by atoms with Crippen molar-refractivity contribution < 1.29 is 100 Å². The van der Waals surface area contributed by atoms with Crippen LogP contribution in [0.25, 0.3) is 0 Å². The van der Waals surface area contributed by atoms with Crippen LogP contribution < -0.4 is 80.3 Å². The van der Waals surface area contributed by atoms with Crippen LogP contribution >= 0.6 is 7.82 Å². The molecule has 0 aliphatic carbocycles. The number of rotatable bonds is 6. The van der Waals surface area contributed by atoms with Crippen molar-refractivity contribution in [2.75, 3.05) is 81.7 Å². The molecule has 0 aromatic carbocycles. The molecular weight excluding hydrogens is 569 g/mol. The van der Waals surface area contributed by atoms with E-state index in [-0.39, 0.29) is 50.9 Å². The summed E-state index contributed by atoms with van der Waals surface area (Å²) in [5.74, 6) is 0. The normalized spacial score (nSPS) is 9.19. The second-order valence-electron chi connectivity index (χ2n) is 5.49. The third kappa shape index (κ3) is 141. The molecule has 0 atom stereocenters. The molecule has 0 aromatic heterocycles. The molecule has 26 heavy (non-hydrogen) atoms. The molecular formula is C12H36Br3N3O7P-3. The predicted molar refractivity (Wildman–Crippen MR) is 81.9 cm³/mol. The molecule has 0 radical (unpaired) electrons. The van der Waals surface area contributed by atoms with E-state index in [2.05, 4.69) is 0 Å². The summed E-state index contributed by atoms with van der Waals surface area (Å²) in [6, 6.07) is 0. The van der Waals surface area contributed by atoms with E-state index in [0.717, 1.165) is 19.6 Å². The first-order chi connectivity index (χ1) is 10.3. The fourth-order valence-electron chi connectivity index (χ4n) is 0.671. The molecule has 0 amide bonds. The second kappa shape index (κ2) is 33.9. The molecule has 0 saturated heterocycles. The molecule has 0 heterocycles. The van der Waals surface area contributed by atoms with Crippen LogP contribution in [0.2, 0.25) is 0 Å². The summed E-state index contributed by atoms with van der Waals surface area (Å²) < 4.78 is 8.55. The first kappa shape index (κ1) is 45.8. The third-order valence-corrected chi connectivity index (χ3v) is 1.84. The number of nitrogens with one attached hydrogen (secondary N) is 3. The molecule has 0 aliphatic rings. The molecule has 6 N–H and O–H groups in total. The van der Waals surface area contributed by atoms with Gasteiger partial charge in [0, 0.05) is 0 Å². The zero-order chi connectivity index (χ0) is 19.5. The van der Waals surface area contributed by atoms with Gasteiger partial charge in [-0.15, -0.1) is 0 Å². The van der Waals surface area contributed by atoms with Crippen molar-refractivity contribution in [3.05, 3.63) is 0 Å². The molecule has 170 valence electrons. The van der Waals surface area contributed by atoms with E-state index in [1.165, 1.54) is 14.7 Å². The number of quaternary nitrogens is 3. The molecule has 0 aromatic rings. The van der Waals surface area contributed by atoms with Gasteiger partial charge >= 0.3 is 0 Å². The zero-order valence-corrected chi connectivity index (χ0v) is 22.0. The van der Waals surface area contributed by atoms with Crippen LogP contribution in [0.4, 0.5) is 0 Å². The smallest absolute Gasteiger partial charge is 0.100 e. The van der Waals surface area contributed by atoms with E-state index in [0.29, 0.717) is 19.8 Å². The minimum atomic E-state index is -5.39. The fourth-order valence-corrected chi connectivity index (χ4v) is 0.671. The maximum Gasteiger partial charge on any atom is 0.100 e. The number of likely N-dealkylation sites (N-methyl/N-ethyl adjacent to an activating group) is 3. The number of hydrogen-bond acceptors (Lipinski definition) is 7. The first-order valence-electron chi connectivity index (χ1n) is 7.24. The highest BCUT2D eigenvalue weighted by atomic mass is 79.9. The molecule has 0 rings (SSSR count). The predicted octanol–water partition coefficient (Wildman–Crippen LogP) is -17.4. The minimum Gasteiger partial charge on any atom is -1.00 e. The topological polar surface area (TPSA) is 160 Å². The van der Waals surface area contributed by atoms with Crippen LogP contribution in [0.3, 0.4) is 0 Å². The van der Waals surface area contributed by atoms with Crippen LogP contribution in [-0.2, 0) is 4.57 Å². The Hall–Kier alpha value is 1.31. The van der Waals surface area contributed by atoms with Crippen molar-refractivity contribution in [2.24, 2.45) is 0 Å². The maximum absolute atomic E-state index is 8.55. The maximum atomic E-state index is 8.55. The van der Waals surface area contributed by atoms with Crippen molar-refractivity contribution in [3.8, 4) is 0 Å². The lowest BCUT2D eigenvalue weighted by molar-refractivity contribution is -0.858. The Bertz CT molecular complexity index is 232. The minimum absolute atomic E-state index is 0. The average molecular weight is 605 g/mol. The van der Waals surface area contributed by atoms with Gasteiger partial charge in [0.25, 0.3) is 0 Å². The third-order valence-electron chi connectivity index (χ3n) is 1.84. The van der Waals surface area contributed by atoms with Gasteiger partial charge in [-0.05, 0) is 0 Å². The number of hydrogen-bond donors (Lipinski definition) is 6. The molecule has 0 aliphatic heterocycles. The Morgan fingerprint density at radius 1 is 0.615 bits per heavy atom. The average Bonchev–Trinajstić information content (AvgIpc) is 2.27. The SMILES string of the molecule is C[NH+](C)CCO.C[NH+](C)CCO.C[NH+](C)CCO.O=P([O-])([O-])[O-].[Br-].[Br-].[Br-]. The molecule has 0 fully saturated rings. The van der Waals surface area contributed by atoms with Crippen molar-refractivity contribution in [3.63, 3.8) is 0 Å². The standard InChI is InChI=1S/3C4H11NO.3BrH.H3O4P/c3*1-5(2)3-4-6;;;;1-5(2,3)4/h3*6H,3-4H2,1-2H3;3*1H;(H3,1,2,3,4)/p-3. The van der Waals surface area contributed by atoms with Crippen LogP contribution in [0.1, 0.15) is 0 Å². The summed E-state index contributed by atoms with van der Waals surface area (Å²) in [4.78, 5) is 29.5. The van der Waals surface area contributed by atoms with Crippen LogP contribution in [0.15, 0.2) is 0 Å². The summed E-state index contributed by atoms with van der Waals surface area (Å²) in [5, 5.41) is 24.6. The molecule has 0 saturated carbocycles. The van der Waals surface area contributed by atoms with Crippen molar-refractivity contribution >= 4 is 7.82 Å². The van der Waals surface area contributed by atoms with Crippen LogP contribution in [0, 0.1) is 0 Å². The number of phosphoric acid groups is 1. The van der Waals surface area contributed by atoms with Gasteiger partial charge in [0.15, 0.2) is 0 Å². The largest absolute Gasteiger partial charge is 1.00 e. The van der Waals surface area contributed by atoms with Gasteiger partial charge in [-0.3, -0.25) is 0 Å². The van der Waals surface area contributed by atoms with Crippen molar-refractivity contribution in [2.45, 2.75) is 0 Å². The Morgan fingerprint density at radius 2 is 0.731 bits per heavy atom. The molecule has 0 bridgehead atoms. The van der Waals surface area contributed by atoms with Gasteiger partial charge in [0.05, 0.1) is 62.1 Å². The lowest BCUT2D eigenvalue weighted by Crippen LogP contribution is -3.06. The Morgan fingerprint density at radius 3 is 0.731 bits per heavy atom. The Balaban J connectivity index is -0.0000000357. The lowest BCUT2D eigenvalue weighted by atomic mass is 10.6. The summed E-state index contributed by atoms with van der Waals surface area (Å²) >= 11 is 0. The number of aliphatic hydroxyl groups excluding tert-OH is 3. The van der Waals surface area contributed by atoms with Gasteiger partial charge in [-0.2, -0.15) is 7.82 Å². The quantitative estimate of drug-likeness (QED) is 0.164. The lowest BCUT2D eigenvalue weighted by Gasteiger charge is -2.36. The highest BCUT2D eigenvalue weighted by Gasteiger charge is 1.85. The van der Waals surface area contributed by atoms with Gasteiger partial charge < -0.3 is 100 Å². The van der Waals surface area contributed by atoms with E-state index in [1.807, 2.05) is 42.3 Å². The monoisotopic (exact) mass is 602 g/mol. The van der Waals surface area contributed by atoms with E-state index < -0.39 is 7.82 Å². The van der Waals surface area contributed by atoms with E-state index in [4.69, 9.17) is 34.6 Å². The van der Waals surface area contributed by atoms with E-state index in [1.54, 1.807) is 0 Å². The number of halogens is 3. The summed E-state index contributed by atoms with van der Waals surface area (Å²) in [6.45, 7) is 3.42. The van der Waals surface area contributed by atoms with Crippen LogP contribution in [-0.4, -0.2) is 97.1 Å². The van der Waals surface area contributed by atoms with E-state index in [9.17, 15) is 0 Å². The second-order valence-corrected chi connectivity index (χ2v) is 6.38. The number of aliphatic hydroxyl groups is 3. The van der Waals surface area contributed by atoms with Crippen molar-refractivity contribution in [1.82, 2.24) is 0 Å². The summed E-state index contributed by atoms with van der Waals surface area (Å²) in [5.41, 5.74) is 0. The first-order valence-corrected chi connectivity index (χ1v) is 8.70. The fraction of sp³-hybridized carbons (Fsp3) is 1.00. The van der Waals surface area contributed by atoms with E-state index >= 15 is 0 Å². The molecule has 0 unspecified atom stereocenters. The van der Waals surface area contributed by atoms with Gasteiger partial charge in [0.2, 0.25) is 0 Å². The molecule has 0 spiro atoms.